The van der Waals surface area contributed by atoms with Crippen LogP contribution in [0.15, 0.2) is 69.5 Å². The molecule has 0 aromatic heterocycles. The van der Waals surface area contributed by atoms with Crippen LogP contribution in [0.2, 0.25) is 0 Å². The molecule has 0 saturated heterocycles. The Morgan fingerprint density at radius 3 is 2.05 bits per heavy atom. The summed E-state index contributed by atoms with van der Waals surface area (Å²) in [5.74, 6) is 0.170. The number of benzene rings is 2. The van der Waals surface area contributed by atoms with Crippen molar-refractivity contribution >= 4 is 39.1 Å². The third-order valence-corrected chi connectivity index (χ3v) is 8.92. The lowest BCUT2D eigenvalue weighted by atomic mass is 9.63. The largest absolute Gasteiger partial charge is 0.493 e. The Hall–Kier alpha value is -3.39. The lowest BCUT2D eigenvalue weighted by Gasteiger charge is -2.49. The van der Waals surface area contributed by atoms with Gasteiger partial charge in [0.1, 0.15) is 0 Å². The lowest BCUT2D eigenvalue weighted by Crippen LogP contribution is -2.44. The fourth-order valence-electron chi connectivity index (χ4n) is 6.67. The van der Waals surface area contributed by atoms with E-state index in [1.807, 2.05) is 30.3 Å². The number of carbonyl (C=O) groups is 3. The van der Waals surface area contributed by atoms with Crippen molar-refractivity contribution in [2.75, 3.05) is 25.6 Å². The van der Waals surface area contributed by atoms with Gasteiger partial charge >= 0.3 is 0 Å². The minimum absolute atomic E-state index is 0.0851. The molecular weight excluding hydrogens is 596 g/mol. The number of Topliss-reactive ketones (excluding diaryl/α,β-unsaturated/α-hetero) is 2. The summed E-state index contributed by atoms with van der Waals surface area (Å²) in [6.45, 7) is 11.1. The van der Waals surface area contributed by atoms with Crippen molar-refractivity contribution in [3.8, 4) is 11.5 Å². The molecule has 1 amide bonds. The second kappa shape index (κ2) is 11.4. The average Bonchev–Trinajstić information content (AvgIpc) is 2.90. The van der Waals surface area contributed by atoms with Crippen LogP contribution in [-0.2, 0) is 14.4 Å². The number of rotatable bonds is 7. The molecule has 2 aliphatic carbocycles. The second-order valence-corrected chi connectivity index (χ2v) is 13.9. The van der Waals surface area contributed by atoms with Crippen molar-refractivity contribution in [2.45, 2.75) is 66.2 Å². The SMILES string of the molecule is CCN1C2=C(C(=O)CC(C)(C)C2)C(c2cc(Br)c(OCC(=O)Nc3ccccc3)c(OC)c2)C2=C1CC(C)(C)CC2=O. The van der Waals surface area contributed by atoms with E-state index in [0.717, 1.165) is 29.8 Å². The van der Waals surface area contributed by atoms with Crippen molar-refractivity contribution in [1.29, 1.82) is 0 Å². The van der Waals surface area contributed by atoms with Crippen LogP contribution in [0.5, 0.6) is 11.5 Å². The number of para-hydroxylation sites is 1. The van der Waals surface area contributed by atoms with Gasteiger partial charge in [0.05, 0.1) is 11.6 Å². The molecule has 2 aromatic carbocycles. The summed E-state index contributed by atoms with van der Waals surface area (Å²) in [4.78, 5) is 42.6. The fourth-order valence-corrected chi connectivity index (χ4v) is 7.24. The molecule has 2 aromatic rings. The lowest BCUT2D eigenvalue weighted by molar-refractivity contribution is -0.120. The number of anilines is 1. The van der Waals surface area contributed by atoms with Crippen LogP contribution in [0.3, 0.4) is 0 Å². The highest BCUT2D eigenvalue weighted by molar-refractivity contribution is 9.10. The molecule has 0 unspecified atom stereocenters. The number of methoxy groups -OCH3 is 1. The molecule has 0 atom stereocenters. The summed E-state index contributed by atoms with van der Waals surface area (Å²) in [7, 11) is 1.54. The van der Waals surface area contributed by atoms with E-state index in [1.54, 1.807) is 19.2 Å². The first-order valence-corrected chi connectivity index (χ1v) is 15.3. The number of carbonyl (C=O) groups excluding carboxylic acids is 3. The van der Waals surface area contributed by atoms with Gasteiger partial charge in [0, 0.05) is 53.5 Å². The molecule has 0 bridgehead atoms. The van der Waals surface area contributed by atoms with Gasteiger partial charge in [0.2, 0.25) is 0 Å². The molecule has 0 radical (unpaired) electrons. The van der Waals surface area contributed by atoms with Gasteiger partial charge in [-0.15, -0.1) is 0 Å². The van der Waals surface area contributed by atoms with Crippen LogP contribution in [0, 0.1) is 10.8 Å². The molecule has 3 aliphatic rings. The second-order valence-electron chi connectivity index (χ2n) is 13.0. The van der Waals surface area contributed by atoms with E-state index >= 15 is 0 Å². The number of ether oxygens (including phenoxy) is 2. The van der Waals surface area contributed by atoms with Gasteiger partial charge in [-0.1, -0.05) is 45.9 Å². The van der Waals surface area contributed by atoms with Crippen molar-refractivity contribution < 1.29 is 23.9 Å². The van der Waals surface area contributed by atoms with Gasteiger partial charge in [0.25, 0.3) is 5.91 Å². The smallest absolute Gasteiger partial charge is 0.262 e. The Morgan fingerprint density at radius 2 is 1.52 bits per heavy atom. The molecular formula is C34H39BrN2O5. The Kier molecular flexibility index (Phi) is 8.14. The maximum atomic E-state index is 13.9. The first-order valence-electron chi connectivity index (χ1n) is 14.5. The topological polar surface area (TPSA) is 84.9 Å². The molecule has 1 heterocycles. The molecule has 0 spiro atoms. The Labute approximate surface area is 256 Å². The summed E-state index contributed by atoms with van der Waals surface area (Å²) in [5, 5.41) is 2.82. The maximum absolute atomic E-state index is 13.9. The normalized spacial score (nSPS) is 19.8. The van der Waals surface area contributed by atoms with Crippen LogP contribution in [0.4, 0.5) is 5.69 Å². The zero-order chi connectivity index (χ0) is 30.4. The van der Waals surface area contributed by atoms with Crippen molar-refractivity contribution in [1.82, 2.24) is 4.90 Å². The number of allylic oxidation sites excluding steroid dienone is 4. The number of hydrogen-bond donors (Lipinski definition) is 1. The van der Waals surface area contributed by atoms with Crippen LogP contribution < -0.4 is 14.8 Å². The number of ketones is 2. The van der Waals surface area contributed by atoms with E-state index in [1.165, 1.54) is 0 Å². The summed E-state index contributed by atoms with van der Waals surface area (Å²) < 4.78 is 12.3. The number of nitrogens with one attached hydrogen (secondary N) is 1. The van der Waals surface area contributed by atoms with E-state index in [9.17, 15) is 14.4 Å². The van der Waals surface area contributed by atoms with Crippen LogP contribution in [0.1, 0.15) is 71.8 Å². The molecule has 0 saturated carbocycles. The first-order chi connectivity index (χ1) is 19.8. The first kappa shape index (κ1) is 30.1. The molecule has 5 rings (SSSR count). The molecule has 7 nitrogen and oxygen atoms in total. The van der Waals surface area contributed by atoms with Gasteiger partial charge in [0.15, 0.2) is 29.7 Å². The van der Waals surface area contributed by atoms with Crippen LogP contribution >= 0.6 is 15.9 Å². The van der Waals surface area contributed by atoms with Gasteiger partial charge in [-0.25, -0.2) is 0 Å². The average molecular weight is 636 g/mol. The van der Waals surface area contributed by atoms with E-state index in [2.05, 4.69) is 60.8 Å². The molecule has 8 heteroatoms. The predicted molar refractivity (Wildman–Crippen MR) is 166 cm³/mol. The summed E-state index contributed by atoms with van der Waals surface area (Å²) in [6.07, 6.45) is 2.39. The van der Waals surface area contributed by atoms with Gasteiger partial charge in [-0.2, -0.15) is 0 Å². The molecule has 0 fully saturated rings. The summed E-state index contributed by atoms with van der Waals surface area (Å²) >= 11 is 3.64. The predicted octanol–water partition coefficient (Wildman–Crippen LogP) is 7.18. The Morgan fingerprint density at radius 1 is 0.952 bits per heavy atom. The Balaban J connectivity index is 1.57. The van der Waals surface area contributed by atoms with Crippen molar-refractivity contribution in [3.05, 3.63) is 75.0 Å². The van der Waals surface area contributed by atoms with Crippen LogP contribution in [-0.4, -0.2) is 42.6 Å². The monoisotopic (exact) mass is 634 g/mol. The van der Waals surface area contributed by atoms with Crippen molar-refractivity contribution in [2.24, 2.45) is 10.8 Å². The fraction of sp³-hybridized carbons (Fsp3) is 0.441. The highest BCUT2D eigenvalue weighted by Gasteiger charge is 2.48. The maximum Gasteiger partial charge on any atom is 0.262 e. The summed E-state index contributed by atoms with van der Waals surface area (Å²) in [6, 6.07) is 12.9. The number of hydrogen-bond acceptors (Lipinski definition) is 6. The number of nitrogens with zero attached hydrogens (tertiary/aromatic N) is 1. The minimum Gasteiger partial charge on any atom is -0.493 e. The van der Waals surface area contributed by atoms with Gasteiger partial charge < -0.3 is 19.7 Å². The van der Waals surface area contributed by atoms with Gasteiger partial charge in [-0.3, -0.25) is 14.4 Å². The zero-order valence-corrected chi connectivity index (χ0v) is 26.8. The molecule has 222 valence electrons. The third-order valence-electron chi connectivity index (χ3n) is 8.33. The van der Waals surface area contributed by atoms with E-state index < -0.39 is 5.92 Å². The van der Waals surface area contributed by atoms with E-state index in [-0.39, 0.29) is 34.9 Å². The van der Waals surface area contributed by atoms with E-state index in [4.69, 9.17) is 9.47 Å². The third kappa shape index (κ3) is 5.78. The quantitative estimate of drug-likeness (QED) is 0.347. The van der Waals surface area contributed by atoms with Crippen LogP contribution in [0.25, 0.3) is 0 Å². The molecule has 42 heavy (non-hydrogen) atoms. The highest BCUT2D eigenvalue weighted by Crippen LogP contribution is 2.55. The number of halogens is 1. The zero-order valence-electron chi connectivity index (χ0n) is 25.2. The Bertz CT molecular complexity index is 1450. The molecule has 1 aliphatic heterocycles. The summed E-state index contributed by atoms with van der Waals surface area (Å²) in [5.41, 5.74) is 4.62. The van der Waals surface area contributed by atoms with E-state index in [0.29, 0.717) is 52.2 Å². The highest BCUT2D eigenvalue weighted by atomic mass is 79.9. The van der Waals surface area contributed by atoms with Crippen molar-refractivity contribution in [3.63, 3.8) is 0 Å². The number of amides is 1. The molecule has 1 N–H and O–H groups in total. The standard InChI is InChI=1S/C34H39BrN2O5/c1-7-37-23-15-33(2,3)17-25(38)30(23)29(31-24(37)16-34(4,5)18-26(31)39)20-13-22(35)32(27(14-20)41-6)42-19-28(40)36-21-11-9-8-10-12-21/h8-14,29H,7,15-19H2,1-6H3,(H,36,40). The van der Waals surface area contributed by atoms with Gasteiger partial charge in [-0.05, 0) is 76.4 Å². The minimum atomic E-state index is -0.495.